The predicted molar refractivity (Wildman–Crippen MR) is 65.7 cm³/mol. The van der Waals surface area contributed by atoms with Crippen LogP contribution in [0.25, 0.3) is 0 Å². The van der Waals surface area contributed by atoms with Crippen LogP contribution in [0.5, 0.6) is 0 Å². The molecule has 0 aromatic rings. The first-order valence-corrected chi connectivity index (χ1v) is 6.86. The van der Waals surface area contributed by atoms with E-state index in [0.717, 1.165) is 12.8 Å². The van der Waals surface area contributed by atoms with Crippen molar-refractivity contribution in [1.29, 1.82) is 0 Å². The molecule has 2 rings (SSSR count). The van der Waals surface area contributed by atoms with Gasteiger partial charge >= 0.3 is 6.09 Å². The first-order chi connectivity index (χ1) is 6.87. The van der Waals surface area contributed by atoms with Gasteiger partial charge in [-0.3, -0.25) is 4.90 Å². The summed E-state index contributed by atoms with van der Waals surface area (Å²) in [6.45, 7) is 4.27. The van der Waals surface area contributed by atoms with E-state index < -0.39 is 0 Å². The molecule has 1 heterocycles. The van der Waals surface area contributed by atoms with Crippen LogP contribution in [0.4, 0.5) is 4.79 Å². The van der Waals surface area contributed by atoms with Gasteiger partial charge in [0.1, 0.15) is 0 Å². The molecule has 0 unspecified atom stereocenters. The zero-order valence-electron chi connectivity index (χ0n) is 9.09. The van der Waals surface area contributed by atoms with Crippen molar-refractivity contribution in [2.75, 3.05) is 7.11 Å². The summed E-state index contributed by atoms with van der Waals surface area (Å²) in [7, 11) is 1.44. The lowest BCUT2D eigenvalue weighted by Gasteiger charge is -2.28. The van der Waals surface area contributed by atoms with Crippen LogP contribution >= 0.6 is 31.9 Å². The molecule has 1 saturated carbocycles. The van der Waals surface area contributed by atoms with E-state index in [9.17, 15) is 4.79 Å². The Hall–Kier alpha value is 0.230. The van der Waals surface area contributed by atoms with Crippen molar-refractivity contribution in [1.82, 2.24) is 4.90 Å². The van der Waals surface area contributed by atoms with Crippen molar-refractivity contribution < 1.29 is 9.53 Å². The Morgan fingerprint density at radius 1 is 1.27 bits per heavy atom. The summed E-state index contributed by atoms with van der Waals surface area (Å²) in [6.07, 6.45) is 1.73. The molecule has 0 N–H and O–H groups in total. The summed E-state index contributed by atoms with van der Waals surface area (Å²) < 4.78 is 4.82. The van der Waals surface area contributed by atoms with Gasteiger partial charge in [0.2, 0.25) is 0 Å². The van der Waals surface area contributed by atoms with Gasteiger partial charge in [-0.2, -0.15) is 0 Å². The summed E-state index contributed by atoms with van der Waals surface area (Å²) in [5.41, 5.74) is -0.0862. The molecule has 2 aliphatic rings. The van der Waals surface area contributed by atoms with Crippen LogP contribution in [0.1, 0.15) is 26.7 Å². The molecule has 0 spiro atoms. The van der Waals surface area contributed by atoms with Crippen molar-refractivity contribution in [2.45, 2.75) is 47.4 Å². The van der Waals surface area contributed by atoms with Crippen LogP contribution in [-0.2, 0) is 4.74 Å². The lowest BCUT2D eigenvalue weighted by atomic mass is 9.82. The quantitative estimate of drug-likeness (QED) is 0.501. The number of alkyl halides is 2. The SMILES string of the molecule is COC(=O)N1[C@]2(C)C[C@H](Br)[C@@H](Br)C[C@]12C. The summed E-state index contributed by atoms with van der Waals surface area (Å²) in [6, 6.07) is 0. The number of nitrogens with zero attached hydrogens (tertiary/aromatic N) is 1. The summed E-state index contributed by atoms with van der Waals surface area (Å²) >= 11 is 7.31. The second kappa shape index (κ2) is 3.36. The van der Waals surface area contributed by atoms with E-state index in [1.165, 1.54) is 7.11 Å². The van der Waals surface area contributed by atoms with Crippen LogP contribution < -0.4 is 0 Å². The number of hydrogen-bond donors (Lipinski definition) is 0. The summed E-state index contributed by atoms with van der Waals surface area (Å²) in [5.74, 6) is 0. The number of carbonyl (C=O) groups excluding carboxylic acids is 1. The summed E-state index contributed by atoms with van der Waals surface area (Å²) in [4.78, 5) is 14.4. The van der Waals surface area contributed by atoms with Gasteiger partial charge in [-0.05, 0) is 26.7 Å². The number of halogens is 2. The molecule has 1 aliphatic heterocycles. The van der Waals surface area contributed by atoms with Crippen LogP contribution in [0.15, 0.2) is 0 Å². The molecule has 0 aromatic heterocycles. The standard InChI is InChI=1S/C10H15Br2NO2/c1-9-4-6(11)7(12)5-10(9,2)13(9)8(14)15-3/h6-7H,4-5H2,1-3H3/t6-,7-,9-,10+,13?/m0/s1. The van der Waals surface area contributed by atoms with Crippen molar-refractivity contribution in [3.63, 3.8) is 0 Å². The molecule has 0 aromatic carbocycles. The second-order valence-electron chi connectivity index (χ2n) is 4.79. The van der Waals surface area contributed by atoms with Crippen molar-refractivity contribution >= 4 is 38.0 Å². The van der Waals surface area contributed by atoms with E-state index in [4.69, 9.17) is 4.74 Å². The monoisotopic (exact) mass is 339 g/mol. The van der Waals surface area contributed by atoms with Gasteiger partial charge < -0.3 is 4.74 Å². The maximum Gasteiger partial charge on any atom is 0.410 e. The second-order valence-corrected chi connectivity index (χ2v) is 7.15. The van der Waals surface area contributed by atoms with Gasteiger partial charge in [-0.15, -0.1) is 0 Å². The minimum Gasteiger partial charge on any atom is -0.453 e. The first-order valence-electron chi connectivity index (χ1n) is 5.03. The number of ether oxygens (including phenoxy) is 1. The average Bonchev–Trinajstić information content (AvgIpc) is 2.62. The molecule has 15 heavy (non-hydrogen) atoms. The lowest BCUT2D eigenvalue weighted by molar-refractivity contribution is 0.143. The predicted octanol–water partition coefficient (Wildman–Crippen LogP) is 2.91. The van der Waals surface area contributed by atoms with Crippen molar-refractivity contribution in [2.24, 2.45) is 0 Å². The number of hydrogen-bond acceptors (Lipinski definition) is 2. The van der Waals surface area contributed by atoms with E-state index in [1.807, 2.05) is 4.90 Å². The van der Waals surface area contributed by atoms with E-state index in [0.29, 0.717) is 9.65 Å². The summed E-state index contributed by atoms with van der Waals surface area (Å²) in [5, 5.41) is 0. The highest BCUT2D eigenvalue weighted by molar-refractivity contribution is 9.12. The van der Waals surface area contributed by atoms with E-state index in [2.05, 4.69) is 45.7 Å². The first kappa shape index (κ1) is 11.7. The number of fused-ring (bicyclic) bond motifs is 1. The highest BCUT2D eigenvalue weighted by atomic mass is 79.9. The molecule has 1 aliphatic carbocycles. The fourth-order valence-corrected chi connectivity index (χ4v) is 4.50. The Morgan fingerprint density at radius 3 is 2.00 bits per heavy atom. The Balaban J connectivity index is 2.23. The molecular weight excluding hydrogens is 326 g/mol. The Kier molecular flexibility index (Phi) is 2.62. The lowest BCUT2D eigenvalue weighted by Crippen LogP contribution is -2.36. The minimum atomic E-state index is -0.207. The largest absolute Gasteiger partial charge is 0.453 e. The van der Waals surface area contributed by atoms with Gasteiger partial charge in [0.05, 0.1) is 18.2 Å². The molecule has 5 heteroatoms. The van der Waals surface area contributed by atoms with Gasteiger partial charge in [-0.1, -0.05) is 31.9 Å². The molecule has 3 nitrogen and oxygen atoms in total. The molecule has 0 bridgehead atoms. The van der Waals surface area contributed by atoms with Crippen molar-refractivity contribution in [3.05, 3.63) is 0 Å². The van der Waals surface area contributed by atoms with Gasteiger partial charge in [0.25, 0.3) is 0 Å². The number of rotatable bonds is 0. The fraction of sp³-hybridized carbons (Fsp3) is 0.900. The molecule has 86 valence electrons. The van der Waals surface area contributed by atoms with E-state index in [-0.39, 0.29) is 17.2 Å². The van der Waals surface area contributed by atoms with Crippen LogP contribution in [0.3, 0.4) is 0 Å². The molecule has 4 atom stereocenters. The van der Waals surface area contributed by atoms with Gasteiger partial charge in [0.15, 0.2) is 0 Å². The molecule has 0 radical (unpaired) electrons. The van der Waals surface area contributed by atoms with Gasteiger partial charge in [0, 0.05) is 9.65 Å². The average molecular weight is 341 g/mol. The van der Waals surface area contributed by atoms with E-state index >= 15 is 0 Å². The van der Waals surface area contributed by atoms with E-state index in [1.54, 1.807) is 0 Å². The molecule has 1 saturated heterocycles. The number of amides is 1. The molecule has 2 fully saturated rings. The maximum absolute atomic E-state index is 11.6. The fourth-order valence-electron chi connectivity index (χ4n) is 2.86. The minimum absolute atomic E-state index is 0.0431. The third-order valence-electron chi connectivity index (χ3n) is 4.03. The number of methoxy groups -OCH3 is 1. The Labute approximate surface area is 107 Å². The van der Waals surface area contributed by atoms with Crippen LogP contribution in [0.2, 0.25) is 0 Å². The number of carbonyl (C=O) groups is 1. The van der Waals surface area contributed by atoms with Crippen LogP contribution in [-0.4, -0.2) is 38.8 Å². The maximum atomic E-state index is 11.6. The normalized spacial score (nSPS) is 48.5. The zero-order chi connectivity index (χ0) is 11.4. The highest BCUT2D eigenvalue weighted by Crippen LogP contribution is 2.62. The number of likely N-dealkylation sites (tertiary alicyclic amines) is 1. The Morgan fingerprint density at radius 2 is 1.67 bits per heavy atom. The highest BCUT2D eigenvalue weighted by Gasteiger charge is 2.74. The van der Waals surface area contributed by atoms with Crippen LogP contribution in [0, 0.1) is 0 Å². The third-order valence-corrected chi connectivity index (χ3v) is 6.67. The van der Waals surface area contributed by atoms with Gasteiger partial charge in [-0.25, -0.2) is 4.79 Å². The topological polar surface area (TPSA) is 29.3 Å². The molecular formula is C10H15Br2NO2. The zero-order valence-corrected chi connectivity index (χ0v) is 12.3. The Bertz CT molecular complexity index is 290. The third kappa shape index (κ3) is 1.38. The smallest absolute Gasteiger partial charge is 0.410 e. The molecule has 1 amide bonds. The van der Waals surface area contributed by atoms with Crippen molar-refractivity contribution in [3.8, 4) is 0 Å².